The highest BCUT2D eigenvalue weighted by atomic mass is 19.1. The molecule has 1 aromatic heterocycles. The molecule has 0 radical (unpaired) electrons. The van der Waals surface area contributed by atoms with Gasteiger partial charge in [-0.25, -0.2) is 4.39 Å². The van der Waals surface area contributed by atoms with Crippen LogP contribution in [0.1, 0.15) is 35.4 Å². The van der Waals surface area contributed by atoms with Crippen molar-refractivity contribution in [3.63, 3.8) is 0 Å². The Bertz CT molecular complexity index is 716. The van der Waals surface area contributed by atoms with E-state index >= 15 is 0 Å². The van der Waals surface area contributed by atoms with E-state index in [1.807, 2.05) is 6.07 Å². The van der Waals surface area contributed by atoms with Crippen molar-refractivity contribution in [1.29, 1.82) is 0 Å². The van der Waals surface area contributed by atoms with Crippen molar-refractivity contribution >= 4 is 5.91 Å². The van der Waals surface area contributed by atoms with Crippen molar-refractivity contribution in [3.05, 3.63) is 53.6 Å². The standard InChI is InChI=1S/C18H22FN3O2/c1-13-11-17(14-5-3-4-6-15(14)19)22(12-13)18(23)16-7-8-21(20-16)9-10-24-2/h3-8,13,17H,9-12H2,1-2H3/t13-,17-/m1/s1. The van der Waals surface area contributed by atoms with Gasteiger partial charge in [0.15, 0.2) is 0 Å². The van der Waals surface area contributed by atoms with E-state index in [1.54, 1.807) is 41.1 Å². The fourth-order valence-corrected chi connectivity index (χ4v) is 3.24. The van der Waals surface area contributed by atoms with E-state index in [2.05, 4.69) is 12.0 Å². The van der Waals surface area contributed by atoms with E-state index in [9.17, 15) is 9.18 Å². The zero-order chi connectivity index (χ0) is 17.1. The molecule has 1 saturated heterocycles. The van der Waals surface area contributed by atoms with Gasteiger partial charge in [0.25, 0.3) is 5.91 Å². The molecule has 1 aromatic carbocycles. The third kappa shape index (κ3) is 3.33. The number of hydrogen-bond acceptors (Lipinski definition) is 3. The van der Waals surface area contributed by atoms with Crippen LogP contribution in [0.25, 0.3) is 0 Å². The summed E-state index contributed by atoms with van der Waals surface area (Å²) in [6.07, 6.45) is 2.53. The molecule has 0 spiro atoms. The molecule has 2 atom stereocenters. The van der Waals surface area contributed by atoms with Gasteiger partial charge in [-0.2, -0.15) is 5.10 Å². The summed E-state index contributed by atoms with van der Waals surface area (Å²) in [6.45, 7) is 3.83. The Balaban J connectivity index is 1.82. The summed E-state index contributed by atoms with van der Waals surface area (Å²) < 4.78 is 20.9. The second-order valence-corrected chi connectivity index (χ2v) is 6.29. The summed E-state index contributed by atoms with van der Waals surface area (Å²) in [5.74, 6) is -0.0853. The van der Waals surface area contributed by atoms with Crippen molar-refractivity contribution in [3.8, 4) is 0 Å². The van der Waals surface area contributed by atoms with Gasteiger partial charge >= 0.3 is 0 Å². The molecule has 3 rings (SSSR count). The van der Waals surface area contributed by atoms with Crippen LogP contribution in [0.2, 0.25) is 0 Å². The second kappa shape index (κ2) is 7.13. The molecule has 128 valence electrons. The number of ether oxygens (including phenoxy) is 1. The van der Waals surface area contributed by atoms with Gasteiger partial charge in [-0.15, -0.1) is 0 Å². The fraction of sp³-hybridized carbons (Fsp3) is 0.444. The van der Waals surface area contributed by atoms with E-state index in [-0.39, 0.29) is 17.8 Å². The lowest BCUT2D eigenvalue weighted by Crippen LogP contribution is -2.32. The number of amides is 1. The molecule has 5 nitrogen and oxygen atoms in total. The highest BCUT2D eigenvalue weighted by molar-refractivity contribution is 5.92. The molecule has 0 N–H and O–H groups in total. The minimum absolute atomic E-state index is 0.149. The molecule has 2 heterocycles. The van der Waals surface area contributed by atoms with E-state index in [1.165, 1.54) is 6.07 Å². The van der Waals surface area contributed by atoms with Crippen molar-refractivity contribution in [1.82, 2.24) is 14.7 Å². The fourth-order valence-electron chi connectivity index (χ4n) is 3.24. The van der Waals surface area contributed by atoms with Gasteiger partial charge < -0.3 is 9.64 Å². The van der Waals surface area contributed by atoms with Crippen LogP contribution in [0.3, 0.4) is 0 Å². The molecular weight excluding hydrogens is 309 g/mol. The average molecular weight is 331 g/mol. The molecule has 24 heavy (non-hydrogen) atoms. The monoisotopic (exact) mass is 331 g/mol. The van der Waals surface area contributed by atoms with Crippen LogP contribution in [-0.2, 0) is 11.3 Å². The normalized spacial score (nSPS) is 20.5. The number of rotatable bonds is 5. The first-order chi connectivity index (χ1) is 11.6. The Labute approximate surface area is 141 Å². The summed E-state index contributed by atoms with van der Waals surface area (Å²) in [6, 6.07) is 8.15. The number of nitrogens with zero attached hydrogens (tertiary/aromatic N) is 3. The van der Waals surface area contributed by atoms with Crippen LogP contribution in [-0.4, -0.2) is 40.8 Å². The summed E-state index contributed by atoms with van der Waals surface area (Å²) in [5.41, 5.74) is 0.968. The molecule has 0 unspecified atom stereocenters. The molecule has 1 fully saturated rings. The minimum atomic E-state index is -0.264. The lowest BCUT2D eigenvalue weighted by atomic mass is 10.0. The highest BCUT2D eigenvalue weighted by Gasteiger charge is 2.36. The van der Waals surface area contributed by atoms with Crippen molar-refractivity contribution in [2.45, 2.75) is 25.9 Å². The Morgan fingerprint density at radius 2 is 2.17 bits per heavy atom. The predicted octanol–water partition coefficient (Wildman–Crippen LogP) is 2.89. The molecule has 1 aliphatic heterocycles. The summed E-state index contributed by atoms with van der Waals surface area (Å²) in [4.78, 5) is 14.6. The number of carbonyl (C=O) groups excluding carboxylic acids is 1. The van der Waals surface area contributed by atoms with E-state index in [0.29, 0.717) is 36.9 Å². The summed E-state index contributed by atoms with van der Waals surface area (Å²) >= 11 is 0. The van der Waals surface area contributed by atoms with Gasteiger partial charge in [0.1, 0.15) is 11.5 Å². The topological polar surface area (TPSA) is 47.4 Å². The number of hydrogen-bond donors (Lipinski definition) is 0. The summed E-state index contributed by atoms with van der Waals surface area (Å²) in [7, 11) is 1.63. The summed E-state index contributed by atoms with van der Waals surface area (Å²) in [5, 5.41) is 4.32. The molecule has 0 aliphatic carbocycles. The molecule has 6 heteroatoms. The lowest BCUT2D eigenvalue weighted by Gasteiger charge is -2.24. The molecule has 0 saturated carbocycles. The smallest absolute Gasteiger partial charge is 0.274 e. The Morgan fingerprint density at radius 3 is 2.92 bits per heavy atom. The van der Waals surface area contributed by atoms with E-state index in [0.717, 1.165) is 6.42 Å². The highest BCUT2D eigenvalue weighted by Crippen LogP contribution is 2.37. The van der Waals surface area contributed by atoms with E-state index < -0.39 is 0 Å². The van der Waals surface area contributed by atoms with Crippen molar-refractivity contribution < 1.29 is 13.9 Å². The van der Waals surface area contributed by atoms with E-state index in [4.69, 9.17) is 4.74 Å². The molecule has 1 aliphatic rings. The number of benzene rings is 1. The largest absolute Gasteiger partial charge is 0.383 e. The quantitative estimate of drug-likeness (QED) is 0.846. The van der Waals surface area contributed by atoms with Crippen LogP contribution >= 0.6 is 0 Å². The van der Waals surface area contributed by atoms with Gasteiger partial charge in [0.2, 0.25) is 0 Å². The number of aromatic nitrogens is 2. The Morgan fingerprint density at radius 1 is 1.38 bits per heavy atom. The molecule has 1 amide bonds. The van der Waals surface area contributed by atoms with Gasteiger partial charge in [-0.1, -0.05) is 25.1 Å². The number of methoxy groups -OCH3 is 1. The zero-order valence-electron chi connectivity index (χ0n) is 14.0. The van der Waals surface area contributed by atoms with Gasteiger partial charge in [0.05, 0.1) is 19.2 Å². The number of halogens is 1. The number of likely N-dealkylation sites (tertiary alicyclic amines) is 1. The molecule has 0 bridgehead atoms. The SMILES string of the molecule is COCCn1ccc(C(=O)N2C[C@H](C)C[C@@H]2c2ccccc2F)n1. The van der Waals surface area contributed by atoms with Crippen LogP contribution in [0.4, 0.5) is 4.39 Å². The first-order valence-electron chi connectivity index (χ1n) is 8.18. The first kappa shape index (κ1) is 16.6. The number of carbonyl (C=O) groups is 1. The third-order valence-electron chi connectivity index (χ3n) is 4.42. The van der Waals surface area contributed by atoms with Crippen LogP contribution in [0.5, 0.6) is 0 Å². The Hall–Kier alpha value is -2.21. The van der Waals surface area contributed by atoms with Crippen molar-refractivity contribution in [2.75, 3.05) is 20.3 Å². The molecular formula is C18H22FN3O2. The maximum absolute atomic E-state index is 14.2. The zero-order valence-corrected chi connectivity index (χ0v) is 14.0. The molecule has 2 aromatic rings. The maximum atomic E-state index is 14.2. The predicted molar refractivity (Wildman–Crippen MR) is 88.1 cm³/mol. The minimum Gasteiger partial charge on any atom is -0.383 e. The lowest BCUT2D eigenvalue weighted by molar-refractivity contribution is 0.0722. The average Bonchev–Trinajstić information content (AvgIpc) is 3.19. The van der Waals surface area contributed by atoms with Crippen molar-refractivity contribution in [2.24, 2.45) is 5.92 Å². The van der Waals surface area contributed by atoms with Gasteiger partial charge in [-0.3, -0.25) is 9.48 Å². The van der Waals surface area contributed by atoms with Crippen LogP contribution in [0.15, 0.2) is 36.5 Å². The van der Waals surface area contributed by atoms with Gasteiger partial charge in [-0.05, 0) is 24.5 Å². The van der Waals surface area contributed by atoms with Crippen LogP contribution in [0, 0.1) is 11.7 Å². The first-order valence-corrected chi connectivity index (χ1v) is 8.18. The third-order valence-corrected chi connectivity index (χ3v) is 4.42. The maximum Gasteiger partial charge on any atom is 0.274 e. The Kier molecular flexibility index (Phi) is 4.94. The van der Waals surface area contributed by atoms with Gasteiger partial charge in [0, 0.05) is 25.4 Å². The second-order valence-electron chi connectivity index (χ2n) is 6.29. The van der Waals surface area contributed by atoms with Crippen LogP contribution < -0.4 is 0 Å².